The first-order valence-electron chi connectivity index (χ1n) is 10.6. The summed E-state index contributed by atoms with van der Waals surface area (Å²) in [5.41, 5.74) is 2.53. The number of methoxy groups -OCH3 is 4. The highest BCUT2D eigenvalue weighted by Crippen LogP contribution is 2.38. The van der Waals surface area contributed by atoms with Gasteiger partial charge in [-0.05, 0) is 47.5 Å². The molecule has 0 amide bonds. The number of hydrogen-bond acceptors (Lipinski definition) is 7. The molecule has 0 atom stereocenters. The van der Waals surface area contributed by atoms with Crippen LogP contribution in [0.4, 0.5) is 0 Å². The van der Waals surface area contributed by atoms with Crippen molar-refractivity contribution in [1.82, 2.24) is 4.57 Å². The Morgan fingerprint density at radius 1 is 0.714 bits per heavy atom. The van der Waals surface area contributed by atoms with Crippen LogP contribution < -0.4 is 29.2 Å². The zero-order valence-electron chi connectivity index (χ0n) is 20.5. The molecule has 35 heavy (non-hydrogen) atoms. The molecule has 0 unspecified atom stereocenters. The molecule has 2 N–H and O–H groups in total. The van der Waals surface area contributed by atoms with Crippen LogP contribution in [0, 0.1) is 0 Å². The van der Waals surface area contributed by atoms with Crippen molar-refractivity contribution in [3.8, 4) is 34.5 Å². The van der Waals surface area contributed by atoms with E-state index < -0.39 is 0 Å². The quantitative estimate of drug-likeness (QED) is 0.477. The van der Waals surface area contributed by atoms with Gasteiger partial charge in [0.05, 0.1) is 42.5 Å². The maximum atomic E-state index is 12.8. The highest BCUT2D eigenvalue weighted by molar-refractivity contribution is 5.74. The first-order valence-corrected chi connectivity index (χ1v) is 10.6. The van der Waals surface area contributed by atoms with Gasteiger partial charge in [-0.1, -0.05) is 12.2 Å². The minimum absolute atomic E-state index is 0.0822. The molecule has 0 saturated heterocycles. The molecule has 0 fully saturated rings. The maximum Gasteiger partial charge on any atom is 0.498 e. The Morgan fingerprint density at radius 2 is 1.11 bits per heavy atom. The van der Waals surface area contributed by atoms with Crippen molar-refractivity contribution in [3.63, 3.8) is 0 Å². The summed E-state index contributed by atoms with van der Waals surface area (Å²) in [5.74, 6) is 0.949. The fourth-order valence-electron chi connectivity index (χ4n) is 3.49. The Balaban J connectivity index is 2.02. The lowest BCUT2D eigenvalue weighted by Gasteiger charge is -2.09. The number of benzene rings is 2. The summed E-state index contributed by atoms with van der Waals surface area (Å²) in [5, 5.41) is 20.2. The molecule has 0 radical (unpaired) electrons. The predicted octanol–water partition coefficient (Wildman–Crippen LogP) is 3.00. The number of rotatable bonds is 8. The molecule has 9 heteroatoms. The fraction of sp³-hybridized carbons (Fsp3) is 0.231. The van der Waals surface area contributed by atoms with Crippen molar-refractivity contribution in [2.75, 3.05) is 28.4 Å². The zero-order chi connectivity index (χ0) is 25.7. The van der Waals surface area contributed by atoms with Crippen LogP contribution in [0.3, 0.4) is 0 Å². The summed E-state index contributed by atoms with van der Waals surface area (Å²) < 4.78 is 23.9. The third kappa shape index (κ3) is 5.24. The third-order valence-electron chi connectivity index (χ3n) is 5.54. The van der Waals surface area contributed by atoms with Crippen LogP contribution in [0.2, 0.25) is 0 Å². The number of hydrogen-bond donors (Lipinski definition) is 2. The number of phenols is 2. The highest BCUT2D eigenvalue weighted by atomic mass is 16.5. The lowest BCUT2D eigenvalue weighted by molar-refractivity contribution is -0.692. The Bertz CT molecular complexity index is 1210. The van der Waals surface area contributed by atoms with E-state index in [1.54, 1.807) is 62.7 Å². The number of aromatic nitrogens is 2. The van der Waals surface area contributed by atoms with E-state index in [9.17, 15) is 15.0 Å². The van der Waals surface area contributed by atoms with Crippen molar-refractivity contribution >= 4 is 24.3 Å². The molecule has 0 bridgehead atoms. The summed E-state index contributed by atoms with van der Waals surface area (Å²) >= 11 is 0. The van der Waals surface area contributed by atoms with Crippen LogP contribution in [-0.4, -0.2) is 43.2 Å². The smallest absolute Gasteiger partial charge is 0.498 e. The van der Waals surface area contributed by atoms with Crippen LogP contribution in [0.15, 0.2) is 35.1 Å². The number of aromatic hydroxyl groups is 2. The molecule has 0 aliphatic heterocycles. The second-order valence-corrected chi connectivity index (χ2v) is 7.61. The second kappa shape index (κ2) is 10.7. The normalized spacial score (nSPS) is 11.3. The van der Waals surface area contributed by atoms with Crippen molar-refractivity contribution in [2.45, 2.75) is 0 Å². The second-order valence-electron chi connectivity index (χ2n) is 7.61. The van der Waals surface area contributed by atoms with Crippen molar-refractivity contribution < 1.29 is 33.7 Å². The summed E-state index contributed by atoms with van der Waals surface area (Å²) in [6, 6.07) is 8.53. The van der Waals surface area contributed by atoms with E-state index in [-0.39, 0.29) is 40.2 Å². The van der Waals surface area contributed by atoms with Crippen molar-refractivity contribution in [3.05, 3.63) is 63.3 Å². The molecular formula is C26H29N2O7+. The Labute approximate surface area is 203 Å². The monoisotopic (exact) mass is 481 g/mol. The van der Waals surface area contributed by atoms with Crippen molar-refractivity contribution in [2.24, 2.45) is 14.1 Å². The lowest BCUT2D eigenvalue weighted by atomic mass is 10.1. The predicted molar refractivity (Wildman–Crippen MR) is 133 cm³/mol. The lowest BCUT2D eigenvalue weighted by Crippen LogP contribution is -2.53. The molecule has 0 aliphatic carbocycles. The van der Waals surface area contributed by atoms with Crippen LogP contribution in [0.1, 0.15) is 22.5 Å². The maximum absolute atomic E-state index is 12.8. The van der Waals surface area contributed by atoms with Crippen LogP contribution in [0.5, 0.6) is 34.5 Å². The first-order chi connectivity index (χ1) is 16.7. The summed E-state index contributed by atoms with van der Waals surface area (Å²) in [6.07, 6.45) is 7.16. The molecule has 2 aromatic carbocycles. The van der Waals surface area contributed by atoms with Gasteiger partial charge in [-0.2, -0.15) is 13.9 Å². The van der Waals surface area contributed by atoms with Gasteiger partial charge in [0.15, 0.2) is 23.0 Å². The molecule has 1 aromatic heterocycles. The van der Waals surface area contributed by atoms with Crippen LogP contribution >= 0.6 is 0 Å². The molecule has 184 valence electrons. The average molecular weight is 482 g/mol. The summed E-state index contributed by atoms with van der Waals surface area (Å²) in [7, 11) is 9.20. The molecular weight excluding hydrogens is 452 g/mol. The Hall–Kier alpha value is -4.40. The number of ether oxygens (including phenoxy) is 4. The topological polar surface area (TPSA) is 103 Å². The highest BCUT2D eigenvalue weighted by Gasteiger charge is 2.15. The van der Waals surface area contributed by atoms with Gasteiger partial charge in [0, 0.05) is 6.07 Å². The minimum Gasteiger partial charge on any atom is -0.502 e. The molecule has 9 nitrogen and oxygen atoms in total. The Kier molecular flexibility index (Phi) is 7.70. The SMILES string of the molecule is COc1cc(C=Cc2cc(C=Cc3cc(OC)c(O)c(OC)c3)[n+](C)c(=O)n2C)cc(OC)c1O. The van der Waals surface area contributed by atoms with Crippen LogP contribution in [0.25, 0.3) is 24.3 Å². The van der Waals surface area contributed by atoms with E-state index in [0.29, 0.717) is 11.4 Å². The van der Waals surface area contributed by atoms with Gasteiger partial charge in [0.2, 0.25) is 11.5 Å². The minimum atomic E-state index is -0.214. The van der Waals surface area contributed by atoms with E-state index in [1.807, 2.05) is 6.07 Å². The Morgan fingerprint density at radius 3 is 1.51 bits per heavy atom. The molecule has 0 aliphatic rings. The molecule has 0 spiro atoms. The molecule has 1 heterocycles. The molecule has 0 saturated carbocycles. The van der Waals surface area contributed by atoms with E-state index in [0.717, 1.165) is 11.1 Å². The zero-order valence-corrected chi connectivity index (χ0v) is 20.5. The van der Waals surface area contributed by atoms with E-state index in [1.165, 1.54) is 37.6 Å². The number of phenolic OH excluding ortho intramolecular Hbond substituents is 2. The summed E-state index contributed by atoms with van der Waals surface area (Å²) in [4.78, 5) is 12.8. The van der Waals surface area contributed by atoms with Gasteiger partial charge in [0.1, 0.15) is 11.4 Å². The standard InChI is InChI=1S/C26H28N2O7/c1-27-18(9-7-16-11-20(32-3)24(29)21(12-16)33-4)15-19(28(2)26(27)31)10-8-17-13-22(34-5)25(30)23(14-17)35-6/h7-15H,1-6H3,(H,29,30)/p+1. The third-order valence-corrected chi connectivity index (χ3v) is 5.54. The van der Waals surface area contributed by atoms with Crippen molar-refractivity contribution in [1.29, 1.82) is 0 Å². The van der Waals surface area contributed by atoms with E-state index >= 15 is 0 Å². The van der Waals surface area contributed by atoms with Gasteiger partial charge in [-0.15, -0.1) is 0 Å². The number of nitrogens with zero attached hydrogens (tertiary/aromatic N) is 2. The van der Waals surface area contributed by atoms with Gasteiger partial charge in [-0.25, -0.2) is 0 Å². The van der Waals surface area contributed by atoms with Gasteiger partial charge in [0.25, 0.3) is 0 Å². The summed E-state index contributed by atoms with van der Waals surface area (Å²) in [6.45, 7) is 0. The average Bonchev–Trinajstić information content (AvgIpc) is 2.87. The van der Waals surface area contributed by atoms with Gasteiger partial charge in [-0.3, -0.25) is 0 Å². The van der Waals surface area contributed by atoms with E-state index in [4.69, 9.17) is 18.9 Å². The van der Waals surface area contributed by atoms with E-state index in [2.05, 4.69) is 0 Å². The van der Waals surface area contributed by atoms with Gasteiger partial charge >= 0.3 is 5.69 Å². The first kappa shape index (κ1) is 25.2. The largest absolute Gasteiger partial charge is 0.502 e. The van der Waals surface area contributed by atoms with Crippen LogP contribution in [-0.2, 0) is 14.1 Å². The van der Waals surface area contributed by atoms with Gasteiger partial charge < -0.3 is 29.2 Å². The molecule has 3 rings (SSSR count). The molecule has 3 aromatic rings. The fourth-order valence-corrected chi connectivity index (χ4v) is 3.49.